The minimum atomic E-state index is -3.68. The van der Waals surface area contributed by atoms with Gasteiger partial charge in [-0.15, -0.1) is 11.3 Å². The number of thiophene rings is 1. The van der Waals surface area contributed by atoms with Gasteiger partial charge in [-0.25, -0.2) is 13.2 Å². The van der Waals surface area contributed by atoms with Gasteiger partial charge in [0.15, 0.2) is 0 Å². The molecule has 0 aliphatic heterocycles. The summed E-state index contributed by atoms with van der Waals surface area (Å²) in [4.78, 5) is 13.9. The van der Waals surface area contributed by atoms with E-state index in [0.29, 0.717) is 16.6 Å². The highest BCUT2D eigenvalue weighted by Gasteiger charge is 2.25. The van der Waals surface area contributed by atoms with Crippen molar-refractivity contribution >= 4 is 43.9 Å². The summed E-state index contributed by atoms with van der Waals surface area (Å²) in [6.45, 7) is 1.84. The number of sulfonamides is 1. The predicted octanol–water partition coefficient (Wildman–Crippen LogP) is 3.06. The molecule has 0 unspecified atom stereocenters. The molecular formula is C15H14N2O4S2. The maximum Gasteiger partial charge on any atom is 0.352 e. The molecule has 3 aromatic rings. The van der Waals surface area contributed by atoms with E-state index in [1.54, 1.807) is 23.6 Å². The van der Waals surface area contributed by atoms with Gasteiger partial charge < -0.3 is 10.1 Å². The molecule has 2 heterocycles. The molecule has 2 aromatic heterocycles. The molecule has 23 heavy (non-hydrogen) atoms. The summed E-state index contributed by atoms with van der Waals surface area (Å²) in [5.41, 5.74) is 1.77. The highest BCUT2D eigenvalue weighted by atomic mass is 32.2. The SMILES string of the molecule is Cc1cc(N(C)S(=O)(=O)c2cccs2)c2[nH]c(C(=O)O)cc2c1. The summed E-state index contributed by atoms with van der Waals surface area (Å²) in [7, 11) is -2.22. The molecule has 0 radical (unpaired) electrons. The number of nitrogens with one attached hydrogen (secondary N) is 1. The first kappa shape index (κ1) is 15.6. The summed E-state index contributed by atoms with van der Waals surface area (Å²) >= 11 is 1.14. The zero-order valence-electron chi connectivity index (χ0n) is 12.4. The minimum absolute atomic E-state index is 0.0220. The van der Waals surface area contributed by atoms with E-state index in [2.05, 4.69) is 4.98 Å². The zero-order valence-corrected chi connectivity index (χ0v) is 14.0. The lowest BCUT2D eigenvalue weighted by molar-refractivity contribution is 0.0691. The van der Waals surface area contributed by atoms with E-state index in [0.717, 1.165) is 16.9 Å². The third kappa shape index (κ3) is 2.60. The lowest BCUT2D eigenvalue weighted by atomic mass is 10.1. The van der Waals surface area contributed by atoms with Crippen LogP contribution in [-0.4, -0.2) is 31.5 Å². The van der Waals surface area contributed by atoms with E-state index in [1.165, 1.54) is 17.4 Å². The van der Waals surface area contributed by atoms with Crippen LogP contribution in [0.5, 0.6) is 0 Å². The maximum atomic E-state index is 12.7. The van der Waals surface area contributed by atoms with Gasteiger partial charge in [0.25, 0.3) is 10.0 Å². The summed E-state index contributed by atoms with van der Waals surface area (Å²) in [6.07, 6.45) is 0. The summed E-state index contributed by atoms with van der Waals surface area (Å²) in [5.74, 6) is -1.09. The standard InChI is InChI=1S/C15H14N2O4S2/c1-9-6-10-8-11(15(18)19)16-14(10)12(7-9)17(2)23(20,21)13-4-3-5-22-13/h3-8,16H,1-2H3,(H,18,19). The summed E-state index contributed by atoms with van der Waals surface area (Å²) < 4.78 is 26.8. The predicted molar refractivity (Wildman–Crippen MR) is 89.9 cm³/mol. The number of hydrogen-bond donors (Lipinski definition) is 2. The Morgan fingerprint density at radius 1 is 1.30 bits per heavy atom. The fourth-order valence-corrected chi connectivity index (χ4v) is 4.77. The number of carbonyl (C=O) groups is 1. The van der Waals surface area contributed by atoms with Crippen molar-refractivity contribution in [2.45, 2.75) is 11.1 Å². The van der Waals surface area contributed by atoms with Crippen molar-refractivity contribution in [3.05, 3.63) is 47.0 Å². The fraction of sp³-hybridized carbons (Fsp3) is 0.133. The van der Waals surface area contributed by atoms with Gasteiger partial charge in [0.05, 0.1) is 11.2 Å². The molecule has 0 atom stereocenters. The second-order valence-corrected chi connectivity index (χ2v) is 8.28. The number of fused-ring (bicyclic) bond motifs is 1. The normalized spacial score (nSPS) is 11.7. The van der Waals surface area contributed by atoms with Gasteiger partial charge in [-0.1, -0.05) is 6.07 Å². The second-order valence-electron chi connectivity index (χ2n) is 5.14. The first-order chi connectivity index (χ1) is 10.8. The monoisotopic (exact) mass is 350 g/mol. The Morgan fingerprint density at radius 3 is 2.65 bits per heavy atom. The van der Waals surface area contributed by atoms with Crippen molar-refractivity contribution in [3.8, 4) is 0 Å². The van der Waals surface area contributed by atoms with Crippen LogP contribution in [0.3, 0.4) is 0 Å². The summed E-state index contributed by atoms with van der Waals surface area (Å²) in [5, 5.41) is 11.5. The number of rotatable bonds is 4. The van der Waals surface area contributed by atoms with Gasteiger partial charge in [0.1, 0.15) is 9.90 Å². The Labute approximate surface area is 137 Å². The highest BCUT2D eigenvalue weighted by molar-refractivity contribution is 7.94. The number of aryl methyl sites for hydroxylation is 1. The largest absolute Gasteiger partial charge is 0.477 e. The van der Waals surface area contributed by atoms with Crippen LogP contribution in [0.2, 0.25) is 0 Å². The molecule has 120 valence electrons. The van der Waals surface area contributed by atoms with Crippen molar-refractivity contribution < 1.29 is 18.3 Å². The van der Waals surface area contributed by atoms with Gasteiger partial charge in [0, 0.05) is 12.4 Å². The number of aromatic carboxylic acids is 1. The van der Waals surface area contributed by atoms with E-state index in [-0.39, 0.29) is 9.90 Å². The Balaban J connectivity index is 2.21. The minimum Gasteiger partial charge on any atom is -0.477 e. The van der Waals surface area contributed by atoms with E-state index in [4.69, 9.17) is 5.11 Å². The lowest BCUT2D eigenvalue weighted by Crippen LogP contribution is -2.26. The van der Waals surface area contributed by atoms with Crippen LogP contribution >= 0.6 is 11.3 Å². The Hall–Kier alpha value is -2.32. The molecule has 0 fully saturated rings. The number of carboxylic acids is 1. The number of anilines is 1. The van der Waals surface area contributed by atoms with E-state index >= 15 is 0 Å². The molecule has 0 saturated carbocycles. The lowest BCUT2D eigenvalue weighted by Gasteiger charge is -2.20. The van der Waals surface area contributed by atoms with Crippen LogP contribution in [0.15, 0.2) is 39.9 Å². The first-order valence-electron chi connectivity index (χ1n) is 6.70. The molecule has 0 saturated heterocycles. The molecule has 0 aliphatic rings. The second kappa shape index (κ2) is 5.39. The van der Waals surface area contributed by atoms with Crippen LogP contribution in [0.1, 0.15) is 16.1 Å². The van der Waals surface area contributed by atoms with Crippen molar-refractivity contribution in [3.63, 3.8) is 0 Å². The van der Waals surface area contributed by atoms with E-state index in [1.807, 2.05) is 13.0 Å². The average Bonchev–Trinajstić information content (AvgIpc) is 3.14. The topological polar surface area (TPSA) is 90.5 Å². The fourth-order valence-electron chi connectivity index (χ4n) is 2.41. The molecule has 6 nitrogen and oxygen atoms in total. The Bertz CT molecular complexity index is 988. The van der Waals surface area contributed by atoms with E-state index in [9.17, 15) is 13.2 Å². The Kier molecular flexibility index (Phi) is 3.65. The third-order valence-corrected chi connectivity index (χ3v) is 6.68. The number of nitrogens with zero attached hydrogens (tertiary/aromatic N) is 1. The highest BCUT2D eigenvalue weighted by Crippen LogP contribution is 2.32. The van der Waals surface area contributed by atoms with Crippen LogP contribution < -0.4 is 4.31 Å². The molecule has 2 N–H and O–H groups in total. The molecule has 8 heteroatoms. The van der Waals surface area contributed by atoms with E-state index < -0.39 is 16.0 Å². The van der Waals surface area contributed by atoms with Gasteiger partial charge in [-0.3, -0.25) is 4.31 Å². The van der Waals surface area contributed by atoms with Crippen LogP contribution in [-0.2, 0) is 10.0 Å². The van der Waals surface area contributed by atoms with Crippen molar-refractivity contribution in [1.82, 2.24) is 4.98 Å². The van der Waals surface area contributed by atoms with Gasteiger partial charge in [0.2, 0.25) is 0 Å². The molecule has 0 bridgehead atoms. The van der Waals surface area contributed by atoms with Gasteiger partial charge in [-0.05, 0) is 42.1 Å². The third-order valence-electron chi connectivity index (χ3n) is 3.53. The quantitative estimate of drug-likeness (QED) is 0.756. The molecule has 0 spiro atoms. The van der Waals surface area contributed by atoms with Crippen molar-refractivity contribution in [1.29, 1.82) is 0 Å². The number of carboxylic acid groups (broad SMARTS) is 1. The molecule has 0 amide bonds. The van der Waals surface area contributed by atoms with Gasteiger partial charge >= 0.3 is 5.97 Å². The average molecular weight is 350 g/mol. The van der Waals surface area contributed by atoms with Crippen LogP contribution in [0, 0.1) is 6.92 Å². The Morgan fingerprint density at radius 2 is 2.04 bits per heavy atom. The number of H-pyrrole nitrogens is 1. The summed E-state index contributed by atoms with van der Waals surface area (Å²) in [6, 6.07) is 8.25. The van der Waals surface area contributed by atoms with Gasteiger partial charge in [-0.2, -0.15) is 0 Å². The van der Waals surface area contributed by atoms with Crippen molar-refractivity contribution in [2.75, 3.05) is 11.4 Å². The van der Waals surface area contributed by atoms with Crippen molar-refractivity contribution in [2.24, 2.45) is 0 Å². The van der Waals surface area contributed by atoms with Crippen LogP contribution in [0.4, 0.5) is 5.69 Å². The number of aromatic nitrogens is 1. The molecule has 3 rings (SSSR count). The molecular weight excluding hydrogens is 336 g/mol. The molecule has 0 aliphatic carbocycles. The first-order valence-corrected chi connectivity index (χ1v) is 9.02. The molecule has 1 aromatic carbocycles. The van der Waals surface area contributed by atoms with Crippen LogP contribution in [0.25, 0.3) is 10.9 Å². The number of hydrogen-bond acceptors (Lipinski definition) is 4. The smallest absolute Gasteiger partial charge is 0.352 e. The zero-order chi connectivity index (χ0) is 16.8. The maximum absolute atomic E-state index is 12.7. The number of aromatic amines is 1. The number of benzene rings is 1.